The molecule has 0 fully saturated rings. The smallest absolute Gasteiger partial charge is 0.227 e. The van der Waals surface area contributed by atoms with E-state index in [1.165, 1.54) is 0 Å². The summed E-state index contributed by atoms with van der Waals surface area (Å²) in [5.74, 6) is 1.60. The molecule has 3 rings (SSSR count). The van der Waals surface area contributed by atoms with Crippen molar-refractivity contribution in [3.05, 3.63) is 53.1 Å². The van der Waals surface area contributed by atoms with Crippen LogP contribution in [0.15, 0.2) is 42.5 Å². The third-order valence-corrected chi connectivity index (χ3v) is 4.11. The van der Waals surface area contributed by atoms with Gasteiger partial charge in [0.25, 0.3) is 0 Å². The van der Waals surface area contributed by atoms with Crippen molar-refractivity contribution >= 4 is 23.2 Å². The number of hydrogen-bond donors (Lipinski definition) is 0. The number of hydrogen-bond acceptors (Lipinski definition) is 3. The van der Waals surface area contributed by atoms with Gasteiger partial charge in [-0.15, -0.1) is 0 Å². The van der Waals surface area contributed by atoms with Crippen molar-refractivity contribution in [3.8, 4) is 11.5 Å². The van der Waals surface area contributed by atoms with Crippen LogP contribution < -0.4 is 14.4 Å². The van der Waals surface area contributed by atoms with Crippen molar-refractivity contribution in [1.29, 1.82) is 0 Å². The predicted octanol–water partition coefficient (Wildman–Crippen LogP) is 3.71. The Morgan fingerprint density at radius 2 is 2.04 bits per heavy atom. The van der Waals surface area contributed by atoms with Gasteiger partial charge in [0.1, 0.15) is 18.1 Å². The van der Waals surface area contributed by atoms with E-state index in [4.69, 9.17) is 21.1 Å². The molecular formula is C18H18ClNO3. The van der Waals surface area contributed by atoms with Crippen LogP contribution in [0, 0.1) is 0 Å². The highest BCUT2D eigenvalue weighted by atomic mass is 35.5. The van der Waals surface area contributed by atoms with Crippen molar-refractivity contribution in [1.82, 2.24) is 0 Å². The predicted molar refractivity (Wildman–Crippen MR) is 90.6 cm³/mol. The first-order valence-corrected chi connectivity index (χ1v) is 7.91. The molecule has 0 atom stereocenters. The first kappa shape index (κ1) is 15.7. The maximum absolute atomic E-state index is 12.6. The van der Waals surface area contributed by atoms with Gasteiger partial charge in [-0.05, 0) is 42.3 Å². The van der Waals surface area contributed by atoms with Crippen molar-refractivity contribution in [2.75, 3.05) is 25.2 Å². The number of rotatable bonds is 4. The summed E-state index contributed by atoms with van der Waals surface area (Å²) in [6.45, 7) is 1.05. The summed E-state index contributed by atoms with van der Waals surface area (Å²) in [5.41, 5.74) is 1.86. The number of nitrogens with zero attached hydrogens (tertiary/aromatic N) is 1. The van der Waals surface area contributed by atoms with Gasteiger partial charge in [0.2, 0.25) is 5.91 Å². The Morgan fingerprint density at radius 1 is 1.26 bits per heavy atom. The number of ether oxygens (including phenoxy) is 2. The molecule has 23 heavy (non-hydrogen) atoms. The molecule has 120 valence electrons. The van der Waals surface area contributed by atoms with Gasteiger partial charge in [-0.3, -0.25) is 4.79 Å². The Hall–Kier alpha value is -2.20. The van der Waals surface area contributed by atoms with E-state index in [9.17, 15) is 4.79 Å². The molecule has 4 nitrogen and oxygen atoms in total. The fraction of sp³-hybridized carbons (Fsp3) is 0.278. The van der Waals surface area contributed by atoms with Crippen LogP contribution in [0.3, 0.4) is 0 Å². The summed E-state index contributed by atoms with van der Waals surface area (Å²) in [7, 11) is 1.64. The molecule has 2 aromatic rings. The normalized spacial score (nSPS) is 13.2. The number of amides is 1. The Morgan fingerprint density at radius 3 is 2.78 bits per heavy atom. The topological polar surface area (TPSA) is 38.8 Å². The Labute approximate surface area is 140 Å². The first-order valence-electron chi connectivity index (χ1n) is 7.53. The summed E-state index contributed by atoms with van der Waals surface area (Å²) in [4.78, 5) is 14.3. The SMILES string of the molecule is COc1ccc(CCC(=O)N2CCOc3ccc(Cl)cc32)cc1. The lowest BCUT2D eigenvalue weighted by molar-refractivity contribution is -0.118. The molecule has 0 radical (unpaired) electrons. The summed E-state index contributed by atoms with van der Waals surface area (Å²) in [6.07, 6.45) is 1.13. The molecule has 0 aromatic heterocycles. The Bertz CT molecular complexity index is 700. The molecule has 1 heterocycles. The van der Waals surface area contributed by atoms with Gasteiger partial charge in [0.05, 0.1) is 19.3 Å². The fourth-order valence-corrected chi connectivity index (χ4v) is 2.79. The molecule has 0 N–H and O–H groups in total. The van der Waals surface area contributed by atoms with E-state index in [0.717, 1.165) is 17.0 Å². The number of fused-ring (bicyclic) bond motifs is 1. The molecule has 0 spiro atoms. The van der Waals surface area contributed by atoms with Gasteiger partial charge in [-0.2, -0.15) is 0 Å². The van der Waals surface area contributed by atoms with Gasteiger partial charge in [-0.1, -0.05) is 23.7 Å². The largest absolute Gasteiger partial charge is 0.497 e. The molecular weight excluding hydrogens is 314 g/mol. The van der Waals surface area contributed by atoms with Gasteiger partial charge in [-0.25, -0.2) is 0 Å². The van der Waals surface area contributed by atoms with E-state index < -0.39 is 0 Å². The van der Waals surface area contributed by atoms with E-state index in [1.54, 1.807) is 30.2 Å². The lowest BCUT2D eigenvalue weighted by Crippen LogP contribution is -2.38. The van der Waals surface area contributed by atoms with E-state index in [0.29, 0.717) is 36.8 Å². The number of methoxy groups -OCH3 is 1. The van der Waals surface area contributed by atoms with Crippen LogP contribution in [-0.4, -0.2) is 26.2 Å². The Balaban J connectivity index is 1.68. The highest BCUT2D eigenvalue weighted by Gasteiger charge is 2.23. The average Bonchev–Trinajstić information content (AvgIpc) is 2.59. The number of carbonyl (C=O) groups is 1. The lowest BCUT2D eigenvalue weighted by Gasteiger charge is -2.29. The maximum Gasteiger partial charge on any atom is 0.227 e. The van der Waals surface area contributed by atoms with Crippen molar-refractivity contribution in [3.63, 3.8) is 0 Å². The zero-order chi connectivity index (χ0) is 16.2. The minimum atomic E-state index is 0.0765. The minimum Gasteiger partial charge on any atom is -0.497 e. The van der Waals surface area contributed by atoms with Gasteiger partial charge in [0.15, 0.2) is 0 Å². The molecule has 2 aromatic carbocycles. The second-order valence-corrected chi connectivity index (χ2v) is 5.79. The summed E-state index contributed by atoms with van der Waals surface area (Å²) < 4.78 is 10.7. The quantitative estimate of drug-likeness (QED) is 0.857. The molecule has 0 aliphatic carbocycles. The average molecular weight is 332 g/mol. The van der Waals surface area contributed by atoms with Crippen LogP contribution >= 0.6 is 11.6 Å². The molecule has 0 saturated carbocycles. The zero-order valence-electron chi connectivity index (χ0n) is 12.9. The van der Waals surface area contributed by atoms with Gasteiger partial charge in [0, 0.05) is 11.4 Å². The number of aryl methyl sites for hydroxylation is 1. The molecule has 0 saturated heterocycles. The second kappa shape index (κ2) is 6.92. The number of benzene rings is 2. The maximum atomic E-state index is 12.6. The number of carbonyl (C=O) groups excluding carboxylic acids is 1. The second-order valence-electron chi connectivity index (χ2n) is 5.35. The van der Waals surface area contributed by atoms with E-state index in [1.807, 2.05) is 24.3 Å². The fourth-order valence-electron chi connectivity index (χ4n) is 2.63. The van der Waals surface area contributed by atoms with E-state index in [2.05, 4.69) is 0 Å². The van der Waals surface area contributed by atoms with E-state index >= 15 is 0 Å². The molecule has 1 aliphatic heterocycles. The first-order chi connectivity index (χ1) is 11.2. The summed E-state index contributed by atoms with van der Waals surface area (Å²) in [5, 5.41) is 0.599. The van der Waals surface area contributed by atoms with Gasteiger partial charge < -0.3 is 14.4 Å². The van der Waals surface area contributed by atoms with Crippen molar-refractivity contribution in [2.24, 2.45) is 0 Å². The van der Waals surface area contributed by atoms with Crippen LogP contribution in [0.25, 0.3) is 0 Å². The Kier molecular flexibility index (Phi) is 4.72. The molecule has 0 unspecified atom stereocenters. The van der Waals surface area contributed by atoms with Crippen molar-refractivity contribution in [2.45, 2.75) is 12.8 Å². The van der Waals surface area contributed by atoms with Crippen LogP contribution in [0.4, 0.5) is 5.69 Å². The standard InChI is InChI=1S/C18H18ClNO3/c1-22-15-6-2-13(3-7-15)4-9-18(21)20-10-11-23-17-8-5-14(19)12-16(17)20/h2-3,5-8,12H,4,9-11H2,1H3. The highest BCUT2D eigenvalue weighted by Crippen LogP contribution is 2.34. The highest BCUT2D eigenvalue weighted by molar-refractivity contribution is 6.31. The summed E-state index contributed by atoms with van der Waals surface area (Å²) in [6, 6.07) is 13.1. The number of anilines is 1. The van der Waals surface area contributed by atoms with Crippen molar-refractivity contribution < 1.29 is 14.3 Å². The molecule has 1 amide bonds. The monoisotopic (exact) mass is 331 g/mol. The van der Waals surface area contributed by atoms with Crippen LogP contribution in [0.2, 0.25) is 5.02 Å². The van der Waals surface area contributed by atoms with E-state index in [-0.39, 0.29) is 5.91 Å². The lowest BCUT2D eigenvalue weighted by atomic mass is 10.1. The third-order valence-electron chi connectivity index (χ3n) is 3.87. The van der Waals surface area contributed by atoms with Crippen LogP contribution in [0.1, 0.15) is 12.0 Å². The van der Waals surface area contributed by atoms with Crippen LogP contribution in [-0.2, 0) is 11.2 Å². The molecule has 0 bridgehead atoms. The summed E-state index contributed by atoms with van der Waals surface area (Å²) >= 11 is 6.04. The van der Waals surface area contributed by atoms with Gasteiger partial charge >= 0.3 is 0 Å². The minimum absolute atomic E-state index is 0.0765. The zero-order valence-corrected chi connectivity index (χ0v) is 13.7. The van der Waals surface area contributed by atoms with Crippen LogP contribution in [0.5, 0.6) is 11.5 Å². The third kappa shape index (κ3) is 3.59. The molecule has 1 aliphatic rings. The molecule has 5 heteroatoms. The number of halogens is 1.